The van der Waals surface area contributed by atoms with Crippen molar-refractivity contribution in [3.8, 4) is 27.4 Å². The highest BCUT2D eigenvalue weighted by atomic mass is 32.1. The Morgan fingerprint density at radius 3 is 2.56 bits per heavy atom. The Morgan fingerprint density at radius 2 is 1.90 bits per heavy atom. The van der Waals surface area contributed by atoms with E-state index in [0.717, 1.165) is 70.7 Å². The smallest absolute Gasteiger partial charge is 0.336 e. The molecule has 6 rings (SSSR count). The Morgan fingerprint density at radius 1 is 1.12 bits per heavy atom. The molecule has 1 N–H and O–H groups in total. The number of aryl methyl sites for hydroxylation is 1. The molecular formula is C32H38N2O6S. The van der Waals surface area contributed by atoms with E-state index in [9.17, 15) is 14.7 Å². The van der Waals surface area contributed by atoms with Gasteiger partial charge in [-0.15, -0.1) is 11.3 Å². The van der Waals surface area contributed by atoms with Crippen molar-refractivity contribution in [3.05, 3.63) is 52.0 Å². The fourth-order valence-electron chi connectivity index (χ4n) is 6.66. The van der Waals surface area contributed by atoms with Crippen molar-refractivity contribution >= 4 is 23.2 Å². The summed E-state index contributed by atoms with van der Waals surface area (Å²) in [5.74, 6) is -1.49. The van der Waals surface area contributed by atoms with Gasteiger partial charge >= 0.3 is 5.97 Å². The molecule has 5 heterocycles. The summed E-state index contributed by atoms with van der Waals surface area (Å²) in [6, 6.07) is 8.20. The van der Waals surface area contributed by atoms with Gasteiger partial charge in [-0.25, -0.2) is 4.79 Å². The van der Waals surface area contributed by atoms with E-state index >= 15 is 0 Å². The molecule has 3 aliphatic heterocycles. The maximum absolute atomic E-state index is 14.4. The lowest BCUT2D eigenvalue weighted by atomic mass is 9.89. The Balaban J connectivity index is 1.61. The number of thiophene rings is 1. The molecule has 2 atom stereocenters. The molecule has 41 heavy (non-hydrogen) atoms. The first-order chi connectivity index (χ1) is 19.4. The zero-order valence-corrected chi connectivity index (χ0v) is 25.4. The number of hydrogen-bond donors (Lipinski definition) is 1. The second kappa shape index (κ2) is 10.00. The van der Waals surface area contributed by atoms with Gasteiger partial charge in [-0.05, 0) is 95.0 Å². The third kappa shape index (κ3) is 4.68. The summed E-state index contributed by atoms with van der Waals surface area (Å²) in [5, 5.41) is 12.1. The highest BCUT2D eigenvalue weighted by Gasteiger charge is 2.48. The second-order valence-corrected chi connectivity index (χ2v) is 13.5. The predicted molar refractivity (Wildman–Crippen MR) is 158 cm³/mol. The molecule has 1 amide bonds. The number of benzene rings is 1. The number of nitrogens with zero attached hydrogens (tertiary/aromatic N) is 2. The first kappa shape index (κ1) is 28.0. The van der Waals surface area contributed by atoms with E-state index < -0.39 is 24.0 Å². The molecule has 3 aliphatic rings. The summed E-state index contributed by atoms with van der Waals surface area (Å²) >= 11 is 1.68. The van der Waals surface area contributed by atoms with Crippen LogP contribution in [0, 0.1) is 0 Å². The van der Waals surface area contributed by atoms with E-state index in [1.807, 2.05) is 17.0 Å². The molecule has 2 aromatic heterocycles. The monoisotopic (exact) mass is 578 g/mol. The van der Waals surface area contributed by atoms with Crippen LogP contribution in [-0.2, 0) is 33.7 Å². The molecule has 8 nitrogen and oxygen atoms in total. The van der Waals surface area contributed by atoms with Gasteiger partial charge in [0, 0.05) is 40.2 Å². The van der Waals surface area contributed by atoms with E-state index in [0.29, 0.717) is 17.9 Å². The number of amides is 1. The van der Waals surface area contributed by atoms with Crippen molar-refractivity contribution in [1.29, 1.82) is 0 Å². The van der Waals surface area contributed by atoms with Crippen LogP contribution in [0.2, 0.25) is 0 Å². The Hall–Kier alpha value is -3.14. The maximum Gasteiger partial charge on any atom is 0.336 e. The van der Waals surface area contributed by atoms with Gasteiger partial charge in [-0.2, -0.15) is 0 Å². The normalized spacial score (nSPS) is 22.0. The average Bonchev–Trinajstić information content (AvgIpc) is 3.61. The van der Waals surface area contributed by atoms with Crippen LogP contribution in [0.4, 0.5) is 0 Å². The number of methoxy groups -OCH3 is 1. The van der Waals surface area contributed by atoms with Crippen LogP contribution in [0.25, 0.3) is 21.7 Å². The third-order valence-corrected chi connectivity index (χ3v) is 9.30. The van der Waals surface area contributed by atoms with Crippen LogP contribution in [0.1, 0.15) is 80.7 Å². The first-order valence-electron chi connectivity index (χ1n) is 14.3. The van der Waals surface area contributed by atoms with E-state index in [1.54, 1.807) is 32.3 Å². The van der Waals surface area contributed by atoms with Crippen molar-refractivity contribution in [2.24, 2.45) is 0 Å². The molecule has 2 unspecified atom stereocenters. The Labute approximate surface area is 244 Å². The molecule has 0 saturated carbocycles. The topological polar surface area (TPSA) is 90.2 Å². The van der Waals surface area contributed by atoms with Crippen LogP contribution < -0.4 is 4.74 Å². The molecule has 0 aliphatic carbocycles. The lowest BCUT2D eigenvalue weighted by molar-refractivity contribution is -0.165. The first-order valence-corrected chi connectivity index (χ1v) is 15.2. The maximum atomic E-state index is 14.4. The van der Waals surface area contributed by atoms with E-state index in [4.69, 9.17) is 14.2 Å². The van der Waals surface area contributed by atoms with Gasteiger partial charge in [0.1, 0.15) is 17.5 Å². The highest BCUT2D eigenvalue weighted by molar-refractivity contribution is 7.13. The van der Waals surface area contributed by atoms with Gasteiger partial charge in [0.25, 0.3) is 5.91 Å². The van der Waals surface area contributed by atoms with Gasteiger partial charge in [0.2, 0.25) is 0 Å². The summed E-state index contributed by atoms with van der Waals surface area (Å²) in [6.07, 6.45) is 1.49. The van der Waals surface area contributed by atoms with Crippen molar-refractivity contribution in [2.75, 3.05) is 13.7 Å². The number of aromatic nitrogens is 1. The van der Waals surface area contributed by atoms with Crippen LogP contribution in [0.5, 0.6) is 5.75 Å². The summed E-state index contributed by atoms with van der Waals surface area (Å²) in [4.78, 5) is 29.7. The number of aliphatic carboxylic acids is 1. The molecule has 0 spiro atoms. The minimum absolute atomic E-state index is 0.0775. The summed E-state index contributed by atoms with van der Waals surface area (Å²) in [7, 11) is 1.59. The van der Waals surface area contributed by atoms with Gasteiger partial charge in [-0.3, -0.25) is 4.79 Å². The fourth-order valence-corrected chi connectivity index (χ4v) is 7.46. The van der Waals surface area contributed by atoms with Gasteiger partial charge in [0.15, 0.2) is 11.9 Å². The number of carbonyl (C=O) groups is 2. The minimum atomic E-state index is -1.17. The number of carboxylic acids is 1. The predicted octanol–water partition coefficient (Wildman–Crippen LogP) is 6.30. The third-order valence-electron chi connectivity index (χ3n) is 8.41. The lowest BCUT2D eigenvalue weighted by Gasteiger charge is -2.37. The molecule has 0 bridgehead atoms. The van der Waals surface area contributed by atoms with Crippen LogP contribution in [0.3, 0.4) is 0 Å². The number of rotatable bonds is 4. The quantitative estimate of drug-likeness (QED) is 0.391. The summed E-state index contributed by atoms with van der Waals surface area (Å²) < 4.78 is 20.0. The van der Waals surface area contributed by atoms with Crippen LogP contribution in [0.15, 0.2) is 29.6 Å². The largest absolute Gasteiger partial charge is 0.496 e. The number of carboxylic acid groups (broad SMARTS) is 1. The van der Waals surface area contributed by atoms with Crippen molar-refractivity contribution in [1.82, 2.24) is 9.47 Å². The van der Waals surface area contributed by atoms with Crippen LogP contribution in [-0.4, -0.2) is 57.5 Å². The summed E-state index contributed by atoms with van der Waals surface area (Å²) in [6.45, 7) is 11.2. The van der Waals surface area contributed by atoms with Gasteiger partial charge in [-0.1, -0.05) is 6.07 Å². The molecule has 1 aromatic carbocycles. The second-order valence-electron chi connectivity index (χ2n) is 12.6. The van der Waals surface area contributed by atoms with Crippen molar-refractivity contribution < 1.29 is 28.9 Å². The Kier molecular flexibility index (Phi) is 6.83. The van der Waals surface area contributed by atoms with Crippen LogP contribution >= 0.6 is 11.3 Å². The highest BCUT2D eigenvalue weighted by Crippen LogP contribution is 2.50. The zero-order valence-electron chi connectivity index (χ0n) is 24.6. The minimum Gasteiger partial charge on any atom is -0.496 e. The molecule has 9 heteroatoms. The molecule has 1 fully saturated rings. The number of fused-ring (bicyclic) bond motifs is 5. The number of ether oxygens (including phenoxy) is 3. The molecular weight excluding hydrogens is 540 g/mol. The standard InChI is InChI=1S/C32H38N2O6S/c1-31(2,3)34-13-8-7-10-19-24(23-11-9-15-41-23)25-20-17-21(27-28(30(36)37)40-32(4,5)39-27)22(38-6)16-18(20)12-14-33(25)26(19)29(34)35/h9,11,15-17,27-28H,7-8,10,12-14H2,1-6H3,(H,36,37). The van der Waals surface area contributed by atoms with Crippen molar-refractivity contribution in [3.63, 3.8) is 0 Å². The van der Waals surface area contributed by atoms with E-state index in [-0.39, 0.29) is 11.4 Å². The molecule has 218 valence electrons. The Bertz CT molecular complexity index is 1510. The SMILES string of the molecule is COc1cc2c(cc1C1OC(C)(C)OC1C(=O)O)-c1c(-c3cccs3)c3c(n1CC2)C(=O)N(C(C)(C)C)CCCC3. The fraction of sp³-hybridized carbons (Fsp3) is 0.500. The summed E-state index contributed by atoms with van der Waals surface area (Å²) in [5.41, 5.74) is 6.42. The number of hydrogen-bond acceptors (Lipinski definition) is 6. The average molecular weight is 579 g/mol. The molecule has 0 radical (unpaired) electrons. The van der Waals surface area contributed by atoms with Crippen molar-refractivity contribution in [2.45, 2.75) is 90.4 Å². The van der Waals surface area contributed by atoms with Gasteiger partial charge in [0.05, 0.1) is 12.8 Å². The molecule has 3 aromatic rings. The molecule has 1 saturated heterocycles. The zero-order chi connectivity index (χ0) is 29.3. The van der Waals surface area contributed by atoms with E-state index in [1.165, 1.54) is 0 Å². The van der Waals surface area contributed by atoms with Gasteiger partial charge < -0.3 is 28.8 Å². The number of carbonyl (C=O) groups excluding carboxylic acids is 1. The van der Waals surface area contributed by atoms with E-state index in [2.05, 4.69) is 42.9 Å². The lowest BCUT2D eigenvalue weighted by Crippen LogP contribution is -2.47.